The Hall–Kier alpha value is -1.59. The Balaban J connectivity index is 1.36. The number of amides is 2. The van der Waals surface area contributed by atoms with E-state index in [0.717, 1.165) is 39.3 Å². The fraction of sp³-hybridized carbons (Fsp3) is 0.696. The van der Waals surface area contributed by atoms with Crippen molar-refractivity contribution in [3.63, 3.8) is 0 Å². The van der Waals surface area contributed by atoms with Crippen molar-refractivity contribution in [1.82, 2.24) is 20.4 Å². The van der Waals surface area contributed by atoms with Gasteiger partial charge in [0.05, 0.1) is 0 Å². The van der Waals surface area contributed by atoms with Gasteiger partial charge in [-0.2, -0.15) is 0 Å². The molecular weight excluding hydrogens is 348 g/mol. The third kappa shape index (κ3) is 6.49. The molecule has 2 fully saturated rings. The molecule has 1 atom stereocenters. The lowest BCUT2D eigenvalue weighted by molar-refractivity contribution is 0.0958. The van der Waals surface area contributed by atoms with E-state index in [1.54, 1.807) is 0 Å². The van der Waals surface area contributed by atoms with E-state index >= 15 is 0 Å². The lowest BCUT2D eigenvalue weighted by Gasteiger charge is -2.41. The Labute approximate surface area is 170 Å². The number of hydrogen-bond donors (Lipinski definition) is 2. The highest BCUT2D eigenvalue weighted by Crippen LogP contribution is 2.20. The van der Waals surface area contributed by atoms with Crippen LogP contribution >= 0.6 is 0 Å². The molecule has 0 aromatic heterocycles. The van der Waals surface area contributed by atoms with Gasteiger partial charge in [0, 0.05) is 31.7 Å². The number of urea groups is 1. The molecule has 2 saturated heterocycles. The van der Waals surface area contributed by atoms with E-state index in [0.29, 0.717) is 12.5 Å². The Bertz CT molecular complexity index is 598. The maximum atomic E-state index is 12.3. The molecule has 0 spiro atoms. The minimum Gasteiger partial charge on any atom is -0.338 e. The Morgan fingerprint density at radius 3 is 2.54 bits per heavy atom. The van der Waals surface area contributed by atoms with Gasteiger partial charge in [0.15, 0.2) is 0 Å². The van der Waals surface area contributed by atoms with Gasteiger partial charge in [0.1, 0.15) is 0 Å². The van der Waals surface area contributed by atoms with E-state index in [2.05, 4.69) is 64.6 Å². The first-order valence-electron chi connectivity index (χ1n) is 11.1. The normalized spacial score (nSPS) is 22.0. The molecule has 1 aromatic rings. The van der Waals surface area contributed by atoms with Gasteiger partial charge in [-0.15, -0.1) is 0 Å². The second-order valence-electron chi connectivity index (χ2n) is 9.15. The lowest BCUT2D eigenvalue weighted by Crippen LogP contribution is -2.55. The predicted octanol–water partition coefficient (Wildman–Crippen LogP) is 3.46. The van der Waals surface area contributed by atoms with Crippen LogP contribution in [0.4, 0.5) is 4.79 Å². The summed E-state index contributed by atoms with van der Waals surface area (Å²) in [6.07, 6.45) is 6.30. The van der Waals surface area contributed by atoms with Gasteiger partial charge in [-0.05, 0) is 70.6 Å². The van der Waals surface area contributed by atoms with Crippen molar-refractivity contribution in [1.29, 1.82) is 0 Å². The van der Waals surface area contributed by atoms with Gasteiger partial charge in [0.2, 0.25) is 0 Å². The third-order valence-electron chi connectivity index (χ3n) is 6.30. The number of benzene rings is 1. The quantitative estimate of drug-likeness (QED) is 0.754. The third-order valence-corrected chi connectivity index (χ3v) is 6.30. The number of nitrogens with one attached hydrogen (secondary N) is 2. The number of carbonyl (C=O) groups excluding carboxylic acids is 1. The molecule has 28 heavy (non-hydrogen) atoms. The Morgan fingerprint density at radius 1 is 1.04 bits per heavy atom. The summed E-state index contributed by atoms with van der Waals surface area (Å²) in [5, 5.41) is 6.22. The van der Waals surface area contributed by atoms with E-state index < -0.39 is 0 Å². The molecule has 2 aliphatic heterocycles. The summed E-state index contributed by atoms with van der Waals surface area (Å²) in [6, 6.07) is 10.6. The minimum absolute atomic E-state index is 0.0229. The Morgan fingerprint density at radius 2 is 1.79 bits per heavy atom. The SMILES string of the molecule is CC(C)(CNC(=O)NCC1CCCN(Cc2ccccc2)C1)N1CCCCC1. The van der Waals surface area contributed by atoms with Crippen molar-refractivity contribution in [2.75, 3.05) is 39.3 Å². The topological polar surface area (TPSA) is 47.6 Å². The zero-order chi connectivity index (χ0) is 19.8. The minimum atomic E-state index is -0.0229. The number of carbonyl (C=O) groups is 1. The fourth-order valence-corrected chi connectivity index (χ4v) is 4.51. The summed E-state index contributed by atoms with van der Waals surface area (Å²) in [4.78, 5) is 17.4. The van der Waals surface area contributed by atoms with Crippen LogP contribution < -0.4 is 10.6 Å². The van der Waals surface area contributed by atoms with Crippen molar-refractivity contribution < 1.29 is 4.79 Å². The molecule has 0 saturated carbocycles. The van der Waals surface area contributed by atoms with Crippen LogP contribution in [-0.2, 0) is 6.54 Å². The molecule has 5 nitrogen and oxygen atoms in total. The molecule has 1 aromatic carbocycles. The Kier molecular flexibility index (Phi) is 7.74. The van der Waals surface area contributed by atoms with Crippen LogP contribution in [0.1, 0.15) is 51.5 Å². The van der Waals surface area contributed by atoms with Crippen LogP contribution in [0.3, 0.4) is 0 Å². The summed E-state index contributed by atoms with van der Waals surface area (Å²) in [5.74, 6) is 0.540. The van der Waals surface area contributed by atoms with Gasteiger partial charge >= 0.3 is 6.03 Å². The summed E-state index contributed by atoms with van der Waals surface area (Å²) in [6.45, 7) is 11.5. The van der Waals surface area contributed by atoms with E-state index in [9.17, 15) is 4.79 Å². The van der Waals surface area contributed by atoms with Crippen LogP contribution in [0.25, 0.3) is 0 Å². The van der Waals surface area contributed by atoms with Crippen LogP contribution in [0, 0.1) is 5.92 Å². The summed E-state index contributed by atoms with van der Waals surface area (Å²) >= 11 is 0. The molecule has 2 heterocycles. The molecule has 1 unspecified atom stereocenters. The molecule has 2 amide bonds. The first-order chi connectivity index (χ1) is 13.5. The highest BCUT2D eigenvalue weighted by molar-refractivity contribution is 5.73. The number of hydrogen-bond acceptors (Lipinski definition) is 3. The number of nitrogens with zero attached hydrogens (tertiary/aromatic N) is 2. The van der Waals surface area contributed by atoms with Crippen LogP contribution in [0.15, 0.2) is 30.3 Å². The standard InChI is InChI=1S/C23H38N4O/c1-23(2,27-14-7-4-8-15-27)19-25-22(28)24-16-21-12-9-13-26(18-21)17-20-10-5-3-6-11-20/h3,5-6,10-11,21H,4,7-9,12-19H2,1-2H3,(H2,24,25,28). The summed E-state index contributed by atoms with van der Waals surface area (Å²) < 4.78 is 0. The molecule has 5 heteroatoms. The van der Waals surface area contributed by atoms with Crippen molar-refractivity contribution >= 4 is 6.03 Å². The highest BCUT2D eigenvalue weighted by atomic mass is 16.2. The van der Waals surface area contributed by atoms with Crippen LogP contribution in [0.2, 0.25) is 0 Å². The number of piperidine rings is 2. The zero-order valence-electron chi connectivity index (χ0n) is 17.8. The zero-order valence-corrected chi connectivity index (χ0v) is 17.8. The molecule has 3 rings (SSSR count). The molecule has 0 aliphatic carbocycles. The molecule has 0 bridgehead atoms. The fourth-order valence-electron chi connectivity index (χ4n) is 4.51. The van der Waals surface area contributed by atoms with E-state index in [1.165, 1.54) is 37.7 Å². The van der Waals surface area contributed by atoms with Crippen LogP contribution in [0.5, 0.6) is 0 Å². The maximum absolute atomic E-state index is 12.3. The average Bonchev–Trinajstić information content (AvgIpc) is 2.72. The van der Waals surface area contributed by atoms with Gasteiger partial charge in [-0.1, -0.05) is 36.8 Å². The molecule has 2 aliphatic rings. The average molecular weight is 387 g/mol. The lowest BCUT2D eigenvalue weighted by atomic mass is 9.97. The smallest absolute Gasteiger partial charge is 0.314 e. The van der Waals surface area contributed by atoms with E-state index in [4.69, 9.17) is 0 Å². The molecule has 2 N–H and O–H groups in total. The molecular formula is C23H38N4O. The van der Waals surface area contributed by atoms with Gasteiger partial charge in [-0.25, -0.2) is 4.79 Å². The first-order valence-corrected chi connectivity index (χ1v) is 11.1. The number of rotatable bonds is 7. The molecule has 156 valence electrons. The monoisotopic (exact) mass is 386 g/mol. The van der Waals surface area contributed by atoms with Gasteiger partial charge in [-0.3, -0.25) is 9.80 Å². The van der Waals surface area contributed by atoms with Crippen LogP contribution in [-0.4, -0.2) is 60.6 Å². The van der Waals surface area contributed by atoms with Crippen molar-refractivity contribution in [2.24, 2.45) is 5.92 Å². The van der Waals surface area contributed by atoms with Crippen molar-refractivity contribution in [2.45, 2.75) is 58.0 Å². The summed E-state index contributed by atoms with van der Waals surface area (Å²) in [7, 11) is 0. The first kappa shape index (κ1) is 21.1. The maximum Gasteiger partial charge on any atom is 0.314 e. The van der Waals surface area contributed by atoms with E-state index in [-0.39, 0.29) is 11.6 Å². The van der Waals surface area contributed by atoms with Crippen molar-refractivity contribution in [3.8, 4) is 0 Å². The number of likely N-dealkylation sites (tertiary alicyclic amines) is 2. The van der Waals surface area contributed by atoms with Crippen molar-refractivity contribution in [3.05, 3.63) is 35.9 Å². The predicted molar refractivity (Wildman–Crippen MR) is 115 cm³/mol. The molecule has 0 radical (unpaired) electrons. The van der Waals surface area contributed by atoms with Gasteiger partial charge < -0.3 is 10.6 Å². The van der Waals surface area contributed by atoms with E-state index in [1.807, 2.05) is 0 Å². The second-order valence-corrected chi connectivity index (χ2v) is 9.15. The summed E-state index contributed by atoms with van der Waals surface area (Å²) in [5.41, 5.74) is 1.39. The largest absolute Gasteiger partial charge is 0.338 e. The second kappa shape index (κ2) is 10.3. The highest BCUT2D eigenvalue weighted by Gasteiger charge is 2.28. The van der Waals surface area contributed by atoms with Gasteiger partial charge in [0.25, 0.3) is 0 Å².